The van der Waals surface area contributed by atoms with Crippen molar-refractivity contribution in [2.45, 2.75) is 25.7 Å². The summed E-state index contributed by atoms with van der Waals surface area (Å²) in [5.41, 5.74) is 8.59. The first-order valence-corrected chi connectivity index (χ1v) is 6.85. The minimum Gasteiger partial charge on any atom is -0.454 e. The van der Waals surface area contributed by atoms with Gasteiger partial charge in [-0.15, -0.1) is 0 Å². The maximum Gasteiger partial charge on any atom is 0.154 e. The summed E-state index contributed by atoms with van der Waals surface area (Å²) in [6, 6.07) is 9.97. The Morgan fingerprint density at radius 1 is 1.20 bits per heavy atom. The normalized spacial score (nSPS) is 14.8. The zero-order valence-corrected chi connectivity index (χ0v) is 11.3. The largest absolute Gasteiger partial charge is 0.454 e. The van der Waals surface area contributed by atoms with Crippen molar-refractivity contribution in [3.05, 3.63) is 41.7 Å². The molecule has 1 saturated carbocycles. The van der Waals surface area contributed by atoms with Crippen molar-refractivity contribution in [3.63, 3.8) is 0 Å². The summed E-state index contributed by atoms with van der Waals surface area (Å²) in [4.78, 5) is 9.08. The molecular weight excluding hydrogens is 250 g/mol. The van der Waals surface area contributed by atoms with E-state index >= 15 is 0 Å². The lowest BCUT2D eigenvalue weighted by Gasteiger charge is -2.07. The Labute approximate surface area is 116 Å². The fourth-order valence-electron chi connectivity index (χ4n) is 2.41. The molecule has 0 atom stereocenters. The Kier molecular flexibility index (Phi) is 2.33. The highest BCUT2D eigenvalue weighted by molar-refractivity contribution is 5.83. The van der Waals surface area contributed by atoms with E-state index in [-0.39, 0.29) is 0 Å². The summed E-state index contributed by atoms with van der Waals surface area (Å²) in [6.07, 6.45) is 2.31. The van der Waals surface area contributed by atoms with Crippen molar-refractivity contribution < 1.29 is 4.42 Å². The first-order chi connectivity index (χ1) is 9.72. The van der Waals surface area contributed by atoms with Crippen LogP contribution in [0.15, 0.2) is 34.7 Å². The number of hydrogen-bond acceptors (Lipinski definition) is 4. The van der Waals surface area contributed by atoms with E-state index in [9.17, 15) is 0 Å². The van der Waals surface area contributed by atoms with Crippen LogP contribution in [0.25, 0.3) is 22.4 Å². The Morgan fingerprint density at radius 2 is 2.00 bits per heavy atom. The van der Waals surface area contributed by atoms with E-state index in [1.54, 1.807) is 0 Å². The maximum absolute atomic E-state index is 6.03. The van der Waals surface area contributed by atoms with Crippen LogP contribution in [0.2, 0.25) is 0 Å². The molecule has 0 spiro atoms. The molecule has 0 aliphatic heterocycles. The number of nitrogens with zero attached hydrogens (tertiary/aromatic N) is 2. The minimum absolute atomic E-state index is 0.473. The quantitative estimate of drug-likeness (QED) is 0.768. The van der Waals surface area contributed by atoms with Crippen LogP contribution in [-0.2, 0) is 0 Å². The molecule has 2 aromatic heterocycles. The molecule has 0 unspecified atom stereocenters. The molecular formula is C16H15N3O. The summed E-state index contributed by atoms with van der Waals surface area (Å²) < 4.78 is 5.90. The van der Waals surface area contributed by atoms with Gasteiger partial charge in [0.05, 0.1) is 0 Å². The van der Waals surface area contributed by atoms with Gasteiger partial charge in [0.25, 0.3) is 0 Å². The summed E-state index contributed by atoms with van der Waals surface area (Å²) in [5.74, 6) is 2.64. The number of furan rings is 1. The SMILES string of the molecule is Cc1c(N)nc(C2CC2)nc1-c1cc2ccccc2o1. The predicted octanol–water partition coefficient (Wildman–Crippen LogP) is 3.66. The molecule has 0 saturated heterocycles. The van der Waals surface area contributed by atoms with E-state index in [1.807, 2.05) is 37.3 Å². The average Bonchev–Trinajstić information content (AvgIpc) is 3.20. The smallest absolute Gasteiger partial charge is 0.154 e. The van der Waals surface area contributed by atoms with Crippen LogP contribution in [-0.4, -0.2) is 9.97 Å². The molecule has 100 valence electrons. The van der Waals surface area contributed by atoms with Crippen LogP contribution in [0.1, 0.15) is 30.1 Å². The molecule has 4 rings (SSSR count). The van der Waals surface area contributed by atoms with Gasteiger partial charge in [0.15, 0.2) is 5.76 Å². The Bertz CT molecular complexity index is 770. The van der Waals surface area contributed by atoms with E-state index in [2.05, 4.69) is 9.97 Å². The van der Waals surface area contributed by atoms with Crippen LogP contribution in [0.5, 0.6) is 0 Å². The number of fused-ring (bicyclic) bond motifs is 1. The number of hydrogen-bond donors (Lipinski definition) is 1. The summed E-state index contributed by atoms with van der Waals surface area (Å²) >= 11 is 0. The highest BCUT2D eigenvalue weighted by Gasteiger charge is 2.28. The maximum atomic E-state index is 6.03. The lowest BCUT2D eigenvalue weighted by Crippen LogP contribution is -2.03. The van der Waals surface area contributed by atoms with Crippen LogP contribution < -0.4 is 5.73 Å². The first kappa shape index (κ1) is 11.5. The zero-order chi connectivity index (χ0) is 13.7. The fourth-order valence-corrected chi connectivity index (χ4v) is 2.41. The predicted molar refractivity (Wildman–Crippen MR) is 78.4 cm³/mol. The second-order valence-electron chi connectivity index (χ2n) is 5.36. The van der Waals surface area contributed by atoms with Crippen LogP contribution in [0.3, 0.4) is 0 Å². The molecule has 4 heteroatoms. The Hall–Kier alpha value is -2.36. The van der Waals surface area contributed by atoms with Crippen molar-refractivity contribution in [3.8, 4) is 11.5 Å². The molecule has 1 aliphatic rings. The molecule has 1 fully saturated rings. The van der Waals surface area contributed by atoms with Crippen molar-refractivity contribution in [1.82, 2.24) is 9.97 Å². The van der Waals surface area contributed by atoms with Crippen LogP contribution in [0.4, 0.5) is 5.82 Å². The summed E-state index contributed by atoms with van der Waals surface area (Å²) in [6.45, 7) is 1.94. The summed E-state index contributed by atoms with van der Waals surface area (Å²) in [5, 5.41) is 1.08. The Morgan fingerprint density at radius 3 is 2.75 bits per heavy atom. The number of rotatable bonds is 2. The fraction of sp³-hybridized carbons (Fsp3) is 0.250. The van der Waals surface area contributed by atoms with Crippen LogP contribution >= 0.6 is 0 Å². The van der Waals surface area contributed by atoms with Crippen molar-refractivity contribution in [2.24, 2.45) is 0 Å². The third-order valence-corrected chi connectivity index (χ3v) is 3.80. The Balaban J connectivity index is 1.91. The van der Waals surface area contributed by atoms with Gasteiger partial charge >= 0.3 is 0 Å². The van der Waals surface area contributed by atoms with Gasteiger partial charge in [-0.1, -0.05) is 18.2 Å². The third-order valence-electron chi connectivity index (χ3n) is 3.80. The highest BCUT2D eigenvalue weighted by atomic mass is 16.3. The van der Waals surface area contributed by atoms with E-state index in [0.29, 0.717) is 11.7 Å². The molecule has 2 N–H and O–H groups in total. The molecule has 0 bridgehead atoms. The number of benzene rings is 1. The van der Waals surface area contributed by atoms with Gasteiger partial charge in [0.1, 0.15) is 22.9 Å². The third kappa shape index (κ3) is 1.76. The van der Waals surface area contributed by atoms with Crippen molar-refractivity contribution in [1.29, 1.82) is 0 Å². The van der Waals surface area contributed by atoms with E-state index < -0.39 is 0 Å². The lowest BCUT2D eigenvalue weighted by atomic mass is 10.1. The van der Waals surface area contributed by atoms with Crippen molar-refractivity contribution in [2.75, 3.05) is 5.73 Å². The molecule has 0 amide bonds. The average molecular weight is 265 g/mol. The van der Waals surface area contributed by atoms with Crippen LogP contribution in [0, 0.1) is 6.92 Å². The molecule has 20 heavy (non-hydrogen) atoms. The number of anilines is 1. The molecule has 1 aliphatic carbocycles. The zero-order valence-electron chi connectivity index (χ0n) is 11.3. The first-order valence-electron chi connectivity index (χ1n) is 6.85. The van der Waals surface area contributed by atoms with Gasteiger partial charge in [-0.05, 0) is 31.9 Å². The van der Waals surface area contributed by atoms with E-state index in [1.165, 1.54) is 0 Å². The number of nitrogen functional groups attached to an aromatic ring is 1. The summed E-state index contributed by atoms with van der Waals surface area (Å²) in [7, 11) is 0. The molecule has 2 heterocycles. The van der Waals surface area contributed by atoms with Gasteiger partial charge in [-0.2, -0.15) is 0 Å². The monoisotopic (exact) mass is 265 g/mol. The van der Waals surface area contributed by atoms with Gasteiger partial charge in [-0.25, -0.2) is 9.97 Å². The molecule has 4 nitrogen and oxygen atoms in total. The van der Waals surface area contributed by atoms with Crippen molar-refractivity contribution >= 4 is 16.8 Å². The number of para-hydroxylation sites is 1. The number of nitrogens with two attached hydrogens (primary N) is 1. The number of aromatic nitrogens is 2. The molecule has 0 radical (unpaired) electrons. The second kappa shape index (κ2) is 4.07. The topological polar surface area (TPSA) is 64.9 Å². The standard InChI is InChI=1S/C16H15N3O/c1-9-14(18-16(10-6-7-10)19-15(9)17)13-8-11-4-2-3-5-12(11)20-13/h2-5,8,10H,6-7H2,1H3,(H2,17,18,19). The van der Waals surface area contributed by atoms with Gasteiger partial charge < -0.3 is 10.2 Å². The van der Waals surface area contributed by atoms with Gasteiger partial charge in [-0.3, -0.25) is 0 Å². The highest BCUT2D eigenvalue weighted by Crippen LogP contribution is 2.40. The van der Waals surface area contributed by atoms with E-state index in [0.717, 1.165) is 46.7 Å². The van der Waals surface area contributed by atoms with Gasteiger partial charge in [0, 0.05) is 16.9 Å². The van der Waals surface area contributed by atoms with Gasteiger partial charge in [0.2, 0.25) is 0 Å². The lowest BCUT2D eigenvalue weighted by molar-refractivity contribution is 0.627. The minimum atomic E-state index is 0.473. The molecule has 1 aromatic carbocycles. The second-order valence-corrected chi connectivity index (χ2v) is 5.36. The molecule has 3 aromatic rings. The van der Waals surface area contributed by atoms with E-state index in [4.69, 9.17) is 10.2 Å².